The number of fused-ring (bicyclic) bond motifs is 1. The van der Waals surface area contributed by atoms with Gasteiger partial charge in [-0.25, -0.2) is 4.39 Å². The lowest BCUT2D eigenvalue weighted by Gasteiger charge is -2.29. The fourth-order valence-corrected chi connectivity index (χ4v) is 5.73. The lowest BCUT2D eigenvalue weighted by atomic mass is 9.76. The molecule has 1 aliphatic carbocycles. The molecule has 0 spiro atoms. The first-order valence-corrected chi connectivity index (χ1v) is 13.6. The first-order valence-electron chi connectivity index (χ1n) is 13.6. The first kappa shape index (κ1) is 24.7. The molecule has 3 aromatic rings. The lowest BCUT2D eigenvalue weighted by Crippen LogP contribution is -2.13. The van der Waals surface area contributed by atoms with Crippen LogP contribution in [0.4, 0.5) is 4.39 Å². The summed E-state index contributed by atoms with van der Waals surface area (Å²) in [5, 5.41) is 1.76. The molecule has 1 saturated carbocycles. The van der Waals surface area contributed by atoms with Crippen molar-refractivity contribution in [3.8, 4) is 11.1 Å². The van der Waals surface area contributed by atoms with Gasteiger partial charge in [0.25, 0.3) is 0 Å². The van der Waals surface area contributed by atoms with Crippen molar-refractivity contribution < 1.29 is 4.39 Å². The van der Waals surface area contributed by atoms with Crippen LogP contribution in [-0.2, 0) is 6.42 Å². The van der Waals surface area contributed by atoms with E-state index in [1.807, 2.05) is 30.3 Å². The lowest BCUT2D eigenvalue weighted by molar-refractivity contribution is 0.302. The van der Waals surface area contributed by atoms with Crippen LogP contribution in [0.1, 0.15) is 94.6 Å². The number of rotatable bonds is 11. The average Bonchev–Trinajstić information content (AvgIpc) is 2.88. The standard InChI is InChI=1S/C33H41F/c1-3-5-7-8-9-11-26-12-16-27(17-13-26)29-20-22-32-30(24-29)21-23-31(33(32)34)28-18-14-25(15-19-28)10-6-4-2/h4,14-15,18-24,26-27H,2-3,5-13,16-17H2,1H3/t26-,27-. The first-order chi connectivity index (χ1) is 16.7. The summed E-state index contributed by atoms with van der Waals surface area (Å²) in [6.45, 7) is 6.07. The normalized spacial score (nSPS) is 18.3. The maximum atomic E-state index is 15.5. The third kappa shape index (κ3) is 6.17. The van der Waals surface area contributed by atoms with Gasteiger partial charge in [-0.05, 0) is 72.4 Å². The second-order valence-corrected chi connectivity index (χ2v) is 10.4. The molecule has 0 amide bonds. The van der Waals surface area contributed by atoms with E-state index in [0.717, 1.165) is 35.1 Å². The maximum Gasteiger partial charge on any atom is 0.138 e. The predicted octanol–water partition coefficient (Wildman–Crippen LogP) is 10.4. The van der Waals surface area contributed by atoms with Crippen molar-refractivity contribution in [2.45, 2.75) is 89.9 Å². The fraction of sp³-hybridized carbons (Fsp3) is 0.455. The van der Waals surface area contributed by atoms with E-state index < -0.39 is 0 Å². The zero-order valence-corrected chi connectivity index (χ0v) is 21.0. The summed E-state index contributed by atoms with van der Waals surface area (Å²) < 4.78 is 15.5. The zero-order chi connectivity index (χ0) is 23.8. The Morgan fingerprint density at radius 3 is 2.38 bits per heavy atom. The molecule has 180 valence electrons. The van der Waals surface area contributed by atoms with E-state index in [0.29, 0.717) is 11.5 Å². The van der Waals surface area contributed by atoms with Gasteiger partial charge in [-0.15, -0.1) is 6.58 Å². The van der Waals surface area contributed by atoms with Gasteiger partial charge in [-0.1, -0.05) is 106 Å². The van der Waals surface area contributed by atoms with Crippen LogP contribution in [0.2, 0.25) is 0 Å². The second kappa shape index (κ2) is 12.3. The number of aryl methyl sites for hydroxylation is 1. The van der Waals surface area contributed by atoms with Gasteiger partial charge >= 0.3 is 0 Å². The fourth-order valence-electron chi connectivity index (χ4n) is 5.73. The second-order valence-electron chi connectivity index (χ2n) is 10.4. The molecule has 0 atom stereocenters. The minimum absolute atomic E-state index is 0.102. The SMILES string of the molecule is C=CCCc1ccc(-c2ccc3cc([C@H]4CC[C@H](CCCCCCC)CC4)ccc3c2F)cc1. The molecular weight excluding hydrogens is 415 g/mol. The molecule has 0 radical (unpaired) electrons. The van der Waals surface area contributed by atoms with E-state index in [2.05, 4.69) is 43.8 Å². The predicted molar refractivity (Wildman–Crippen MR) is 146 cm³/mol. The summed E-state index contributed by atoms with van der Waals surface area (Å²) in [5.41, 5.74) is 4.29. The van der Waals surface area contributed by atoms with E-state index in [9.17, 15) is 0 Å². The average molecular weight is 457 g/mol. The summed E-state index contributed by atoms with van der Waals surface area (Å²) in [6.07, 6.45) is 17.5. The highest BCUT2D eigenvalue weighted by atomic mass is 19.1. The summed E-state index contributed by atoms with van der Waals surface area (Å²) in [6, 6.07) is 18.8. The van der Waals surface area contributed by atoms with Gasteiger partial charge in [0, 0.05) is 10.9 Å². The Hall–Kier alpha value is -2.41. The van der Waals surface area contributed by atoms with Gasteiger partial charge in [0.15, 0.2) is 0 Å². The summed E-state index contributed by atoms with van der Waals surface area (Å²) in [5.74, 6) is 1.45. The van der Waals surface area contributed by atoms with Crippen molar-refractivity contribution in [1.29, 1.82) is 0 Å². The smallest absolute Gasteiger partial charge is 0.138 e. The molecule has 0 bridgehead atoms. The number of allylic oxidation sites excluding steroid dienone is 1. The van der Waals surface area contributed by atoms with Crippen LogP contribution in [-0.4, -0.2) is 0 Å². The van der Waals surface area contributed by atoms with Crippen molar-refractivity contribution in [1.82, 2.24) is 0 Å². The third-order valence-electron chi connectivity index (χ3n) is 7.91. The van der Waals surface area contributed by atoms with Gasteiger partial charge < -0.3 is 0 Å². The summed E-state index contributed by atoms with van der Waals surface area (Å²) >= 11 is 0. The Balaban J connectivity index is 1.40. The highest BCUT2D eigenvalue weighted by molar-refractivity contribution is 5.89. The van der Waals surface area contributed by atoms with Gasteiger partial charge in [-0.3, -0.25) is 0 Å². The van der Waals surface area contributed by atoms with Gasteiger partial charge in [0.2, 0.25) is 0 Å². The van der Waals surface area contributed by atoms with Crippen LogP contribution in [0.15, 0.2) is 67.3 Å². The minimum atomic E-state index is -0.102. The Kier molecular flexibility index (Phi) is 8.97. The molecule has 0 unspecified atom stereocenters. The minimum Gasteiger partial charge on any atom is -0.206 e. The Bertz CT molecular complexity index is 1050. The molecule has 3 aromatic carbocycles. The van der Waals surface area contributed by atoms with E-state index in [1.165, 1.54) is 75.3 Å². The molecular formula is C33H41F. The summed E-state index contributed by atoms with van der Waals surface area (Å²) in [7, 11) is 0. The molecule has 34 heavy (non-hydrogen) atoms. The number of halogens is 1. The Morgan fingerprint density at radius 1 is 0.882 bits per heavy atom. The van der Waals surface area contributed by atoms with E-state index in [1.54, 1.807) is 0 Å². The van der Waals surface area contributed by atoms with Crippen LogP contribution in [0.3, 0.4) is 0 Å². The van der Waals surface area contributed by atoms with Crippen LogP contribution in [0, 0.1) is 11.7 Å². The van der Waals surface area contributed by atoms with Gasteiger partial charge in [0.05, 0.1) is 0 Å². The molecule has 0 aromatic heterocycles. The molecule has 0 N–H and O–H groups in total. The molecule has 0 heterocycles. The molecule has 4 rings (SSSR count). The zero-order valence-electron chi connectivity index (χ0n) is 21.0. The maximum absolute atomic E-state index is 15.5. The van der Waals surface area contributed by atoms with Crippen LogP contribution >= 0.6 is 0 Å². The number of hydrogen-bond donors (Lipinski definition) is 0. The van der Waals surface area contributed by atoms with Gasteiger partial charge in [0.1, 0.15) is 5.82 Å². The Labute approximate surface area is 206 Å². The molecule has 1 aliphatic rings. The topological polar surface area (TPSA) is 0 Å². The van der Waals surface area contributed by atoms with Crippen molar-refractivity contribution in [3.63, 3.8) is 0 Å². The van der Waals surface area contributed by atoms with E-state index in [4.69, 9.17) is 0 Å². The largest absolute Gasteiger partial charge is 0.206 e. The molecule has 1 fully saturated rings. The van der Waals surface area contributed by atoms with Crippen LogP contribution in [0.25, 0.3) is 21.9 Å². The summed E-state index contributed by atoms with van der Waals surface area (Å²) in [4.78, 5) is 0. The van der Waals surface area contributed by atoms with Crippen molar-refractivity contribution in [2.75, 3.05) is 0 Å². The number of hydrogen-bond acceptors (Lipinski definition) is 0. The quantitative estimate of drug-likeness (QED) is 0.199. The highest BCUT2D eigenvalue weighted by Gasteiger charge is 2.22. The monoisotopic (exact) mass is 456 g/mol. The molecule has 0 aliphatic heterocycles. The number of benzene rings is 3. The van der Waals surface area contributed by atoms with Gasteiger partial charge in [-0.2, -0.15) is 0 Å². The molecule has 1 heteroatoms. The van der Waals surface area contributed by atoms with E-state index in [-0.39, 0.29) is 5.82 Å². The van der Waals surface area contributed by atoms with Crippen molar-refractivity contribution in [2.24, 2.45) is 5.92 Å². The van der Waals surface area contributed by atoms with Crippen molar-refractivity contribution >= 4 is 10.8 Å². The van der Waals surface area contributed by atoms with E-state index >= 15 is 4.39 Å². The van der Waals surface area contributed by atoms with Crippen LogP contribution < -0.4 is 0 Å². The van der Waals surface area contributed by atoms with Crippen molar-refractivity contribution in [3.05, 3.63) is 84.2 Å². The number of unbranched alkanes of at least 4 members (excludes halogenated alkanes) is 4. The van der Waals surface area contributed by atoms with Crippen LogP contribution in [0.5, 0.6) is 0 Å². The molecule has 0 saturated heterocycles. The Morgan fingerprint density at radius 2 is 1.65 bits per heavy atom. The third-order valence-corrected chi connectivity index (χ3v) is 7.91. The highest BCUT2D eigenvalue weighted by Crippen LogP contribution is 2.39. The molecule has 0 nitrogen and oxygen atoms in total.